The first-order valence-corrected chi connectivity index (χ1v) is 7.67. The molecule has 2 heterocycles. The Bertz CT molecular complexity index is 797. The first-order chi connectivity index (χ1) is 10.2. The zero-order valence-corrected chi connectivity index (χ0v) is 12.7. The van der Waals surface area contributed by atoms with Crippen molar-refractivity contribution in [2.24, 2.45) is 0 Å². The molecule has 0 saturated carbocycles. The molecule has 3 rings (SSSR count). The first kappa shape index (κ1) is 13.7. The van der Waals surface area contributed by atoms with Gasteiger partial charge in [0.1, 0.15) is 0 Å². The number of hydrogen-bond donors (Lipinski definition) is 1. The average Bonchev–Trinajstić information content (AvgIpc) is 2.99. The van der Waals surface area contributed by atoms with E-state index in [1.165, 1.54) is 11.3 Å². The smallest absolute Gasteiger partial charge is 0.259 e. The van der Waals surface area contributed by atoms with Crippen LogP contribution in [0.3, 0.4) is 0 Å². The van der Waals surface area contributed by atoms with E-state index in [0.29, 0.717) is 17.1 Å². The Morgan fingerprint density at radius 1 is 1.33 bits per heavy atom. The van der Waals surface area contributed by atoms with Crippen LogP contribution in [0, 0.1) is 6.92 Å². The molecule has 0 aliphatic rings. The number of para-hydroxylation sites is 1. The second-order valence-electron chi connectivity index (χ2n) is 4.72. The van der Waals surface area contributed by atoms with Crippen molar-refractivity contribution in [2.45, 2.75) is 20.3 Å². The molecule has 21 heavy (non-hydrogen) atoms. The number of benzene rings is 1. The van der Waals surface area contributed by atoms with Gasteiger partial charge in [0.15, 0.2) is 5.13 Å². The number of carbonyl (C=O) groups is 1. The van der Waals surface area contributed by atoms with Gasteiger partial charge in [-0.15, -0.1) is 11.3 Å². The number of rotatable bonds is 3. The molecule has 0 unspecified atom stereocenters. The summed E-state index contributed by atoms with van der Waals surface area (Å²) in [4.78, 5) is 21.3. The largest absolute Gasteiger partial charge is 0.298 e. The Morgan fingerprint density at radius 2 is 2.14 bits per heavy atom. The van der Waals surface area contributed by atoms with Crippen molar-refractivity contribution in [2.75, 3.05) is 5.32 Å². The number of pyridine rings is 1. The molecule has 5 heteroatoms. The van der Waals surface area contributed by atoms with Crippen LogP contribution in [0.2, 0.25) is 0 Å². The van der Waals surface area contributed by atoms with Gasteiger partial charge in [-0.2, -0.15) is 0 Å². The topological polar surface area (TPSA) is 54.9 Å². The molecule has 4 nitrogen and oxygen atoms in total. The van der Waals surface area contributed by atoms with E-state index in [-0.39, 0.29) is 5.91 Å². The van der Waals surface area contributed by atoms with Crippen molar-refractivity contribution < 1.29 is 4.79 Å². The number of carbonyl (C=O) groups excluding carboxylic acids is 1. The summed E-state index contributed by atoms with van der Waals surface area (Å²) in [5, 5.41) is 6.30. The molecule has 1 N–H and O–H groups in total. The van der Waals surface area contributed by atoms with Crippen LogP contribution >= 0.6 is 11.3 Å². The van der Waals surface area contributed by atoms with Crippen molar-refractivity contribution in [3.8, 4) is 0 Å². The Morgan fingerprint density at radius 3 is 2.86 bits per heavy atom. The fraction of sp³-hybridized carbons (Fsp3) is 0.188. The minimum atomic E-state index is -0.141. The fourth-order valence-corrected chi connectivity index (χ4v) is 2.97. The molecule has 0 aliphatic heterocycles. The van der Waals surface area contributed by atoms with E-state index in [0.717, 1.165) is 22.2 Å². The highest BCUT2D eigenvalue weighted by Crippen LogP contribution is 2.24. The van der Waals surface area contributed by atoms with Gasteiger partial charge >= 0.3 is 0 Å². The van der Waals surface area contributed by atoms with Crippen LogP contribution in [-0.4, -0.2) is 15.9 Å². The lowest BCUT2D eigenvalue weighted by atomic mass is 10.00. The molecule has 0 saturated heterocycles. The standard InChI is InChI=1S/C16H15N3OS/c1-3-12-14(15(20)19-16-17-8-9-21-16)10(2)11-6-4-5-7-13(11)18-12/h4-9H,3H2,1-2H3,(H,17,19,20). The summed E-state index contributed by atoms with van der Waals surface area (Å²) in [5.41, 5.74) is 3.37. The van der Waals surface area contributed by atoms with E-state index >= 15 is 0 Å². The molecule has 0 radical (unpaired) electrons. The maximum atomic E-state index is 12.6. The number of thiazole rings is 1. The Kier molecular flexibility index (Phi) is 3.66. The highest BCUT2D eigenvalue weighted by atomic mass is 32.1. The van der Waals surface area contributed by atoms with E-state index in [1.807, 2.05) is 43.5 Å². The Labute approximate surface area is 126 Å². The normalized spacial score (nSPS) is 10.8. The quantitative estimate of drug-likeness (QED) is 0.799. The van der Waals surface area contributed by atoms with Crippen molar-refractivity contribution >= 4 is 33.3 Å². The van der Waals surface area contributed by atoms with E-state index in [2.05, 4.69) is 15.3 Å². The predicted molar refractivity (Wildman–Crippen MR) is 85.9 cm³/mol. The SMILES string of the molecule is CCc1nc2ccccc2c(C)c1C(=O)Nc1nccs1. The maximum Gasteiger partial charge on any atom is 0.259 e. The Hall–Kier alpha value is -2.27. The van der Waals surface area contributed by atoms with Gasteiger partial charge in [-0.25, -0.2) is 4.98 Å². The lowest BCUT2D eigenvalue weighted by molar-refractivity contribution is 0.102. The van der Waals surface area contributed by atoms with Gasteiger partial charge in [-0.1, -0.05) is 25.1 Å². The summed E-state index contributed by atoms with van der Waals surface area (Å²) >= 11 is 1.41. The Balaban J connectivity index is 2.11. The third kappa shape index (κ3) is 2.52. The van der Waals surface area contributed by atoms with Gasteiger partial charge < -0.3 is 0 Å². The molecule has 0 bridgehead atoms. The van der Waals surface area contributed by atoms with Crippen molar-refractivity contribution in [3.63, 3.8) is 0 Å². The van der Waals surface area contributed by atoms with Gasteiger partial charge in [0.05, 0.1) is 16.8 Å². The zero-order chi connectivity index (χ0) is 14.8. The van der Waals surface area contributed by atoms with Crippen LogP contribution in [0.5, 0.6) is 0 Å². The number of nitrogens with zero attached hydrogens (tertiary/aromatic N) is 2. The molecular weight excluding hydrogens is 282 g/mol. The van der Waals surface area contributed by atoms with Gasteiger partial charge in [0.25, 0.3) is 5.91 Å². The molecule has 0 aliphatic carbocycles. The minimum Gasteiger partial charge on any atom is -0.298 e. The first-order valence-electron chi connectivity index (χ1n) is 6.79. The fourth-order valence-electron chi connectivity index (χ4n) is 2.44. The lowest BCUT2D eigenvalue weighted by Crippen LogP contribution is -2.17. The van der Waals surface area contributed by atoms with E-state index < -0.39 is 0 Å². The number of aryl methyl sites for hydroxylation is 2. The van der Waals surface area contributed by atoms with Crippen LogP contribution in [-0.2, 0) is 6.42 Å². The predicted octanol–water partition coefficient (Wildman–Crippen LogP) is 3.81. The third-order valence-corrected chi connectivity index (χ3v) is 4.13. The highest BCUT2D eigenvalue weighted by molar-refractivity contribution is 7.13. The molecule has 106 valence electrons. The van der Waals surface area contributed by atoms with E-state index in [4.69, 9.17) is 0 Å². The molecule has 1 aromatic carbocycles. The number of nitrogens with one attached hydrogen (secondary N) is 1. The van der Waals surface area contributed by atoms with Gasteiger partial charge in [0.2, 0.25) is 0 Å². The second-order valence-corrected chi connectivity index (χ2v) is 5.62. The van der Waals surface area contributed by atoms with Crippen LogP contribution in [0.15, 0.2) is 35.8 Å². The lowest BCUT2D eigenvalue weighted by Gasteiger charge is -2.13. The van der Waals surface area contributed by atoms with Gasteiger partial charge in [-0.05, 0) is 25.0 Å². The number of hydrogen-bond acceptors (Lipinski definition) is 4. The monoisotopic (exact) mass is 297 g/mol. The minimum absolute atomic E-state index is 0.141. The number of fused-ring (bicyclic) bond motifs is 1. The van der Waals surface area contributed by atoms with Crippen LogP contribution < -0.4 is 5.32 Å². The number of anilines is 1. The molecule has 0 fully saturated rings. The van der Waals surface area contributed by atoms with Gasteiger partial charge in [-0.3, -0.25) is 15.1 Å². The summed E-state index contributed by atoms with van der Waals surface area (Å²) in [6.45, 7) is 3.98. The summed E-state index contributed by atoms with van der Waals surface area (Å²) in [6, 6.07) is 7.90. The van der Waals surface area contributed by atoms with Gasteiger partial charge in [0, 0.05) is 17.0 Å². The third-order valence-electron chi connectivity index (χ3n) is 3.44. The molecule has 3 aromatic rings. The molecule has 2 aromatic heterocycles. The van der Waals surface area contributed by atoms with Crippen molar-refractivity contribution in [1.29, 1.82) is 0 Å². The maximum absolute atomic E-state index is 12.6. The zero-order valence-electron chi connectivity index (χ0n) is 11.9. The average molecular weight is 297 g/mol. The van der Waals surface area contributed by atoms with E-state index in [9.17, 15) is 4.79 Å². The van der Waals surface area contributed by atoms with Crippen LogP contribution in [0.1, 0.15) is 28.5 Å². The van der Waals surface area contributed by atoms with Crippen molar-refractivity contribution in [1.82, 2.24) is 9.97 Å². The second kappa shape index (κ2) is 5.61. The summed E-state index contributed by atoms with van der Waals surface area (Å²) in [6.07, 6.45) is 2.39. The van der Waals surface area contributed by atoms with Crippen LogP contribution in [0.4, 0.5) is 5.13 Å². The van der Waals surface area contributed by atoms with Crippen molar-refractivity contribution in [3.05, 3.63) is 52.7 Å². The molecule has 0 atom stereocenters. The molecule has 1 amide bonds. The molecular formula is C16H15N3OS. The number of amides is 1. The summed E-state index contributed by atoms with van der Waals surface area (Å²) < 4.78 is 0. The van der Waals surface area contributed by atoms with E-state index in [1.54, 1.807) is 6.20 Å². The summed E-state index contributed by atoms with van der Waals surface area (Å²) in [7, 11) is 0. The highest BCUT2D eigenvalue weighted by Gasteiger charge is 2.18. The summed E-state index contributed by atoms with van der Waals surface area (Å²) in [5.74, 6) is -0.141. The van der Waals surface area contributed by atoms with Crippen LogP contribution in [0.25, 0.3) is 10.9 Å². The number of aromatic nitrogens is 2. The molecule has 0 spiro atoms.